The first-order valence-electron chi connectivity index (χ1n) is 9.90. The lowest BCUT2D eigenvalue weighted by Gasteiger charge is -2.59. The Hall–Kier alpha value is -0.670. The van der Waals surface area contributed by atoms with E-state index in [0.717, 1.165) is 44.9 Å². The van der Waals surface area contributed by atoms with E-state index in [9.17, 15) is 9.90 Å². The number of carbonyl (C=O) groups is 1. The molecule has 0 spiro atoms. The maximum atomic E-state index is 12.4. The fourth-order valence-corrected chi connectivity index (χ4v) is 7.30. The molecule has 3 fully saturated rings. The Morgan fingerprint density at radius 1 is 1.17 bits per heavy atom. The molecule has 3 heteroatoms. The lowest BCUT2D eigenvalue weighted by molar-refractivity contribution is -0.130. The number of allylic oxidation sites excluding steroid dienone is 1. The molecule has 0 aliphatic heterocycles. The van der Waals surface area contributed by atoms with Crippen molar-refractivity contribution in [3.8, 4) is 0 Å². The van der Waals surface area contributed by atoms with Gasteiger partial charge in [-0.2, -0.15) is 0 Å². The largest absolute Gasteiger partial charge is 0.393 e. The number of hydrogen-bond donors (Lipinski definition) is 2. The van der Waals surface area contributed by atoms with Crippen molar-refractivity contribution >= 4 is 5.78 Å². The zero-order valence-corrected chi connectivity index (χ0v) is 15.5. The molecule has 4 aliphatic carbocycles. The van der Waals surface area contributed by atoms with Gasteiger partial charge in [-0.25, -0.2) is 0 Å². The molecule has 7 atom stereocenters. The molecule has 0 aromatic heterocycles. The molecule has 3 saturated carbocycles. The number of rotatable bonds is 1. The Bertz CT molecular complexity index is 599. The van der Waals surface area contributed by atoms with E-state index in [1.165, 1.54) is 12.0 Å². The van der Waals surface area contributed by atoms with Gasteiger partial charge in [-0.05, 0) is 86.9 Å². The van der Waals surface area contributed by atoms with Gasteiger partial charge < -0.3 is 10.8 Å². The Kier molecular flexibility index (Phi) is 3.61. The highest BCUT2D eigenvalue weighted by Crippen LogP contribution is 2.66. The molecule has 0 saturated heterocycles. The average molecular weight is 332 g/mol. The maximum absolute atomic E-state index is 12.4. The average Bonchev–Trinajstić information content (AvgIpc) is 2.81. The molecule has 1 unspecified atom stereocenters. The Morgan fingerprint density at radius 3 is 2.58 bits per heavy atom. The number of fused-ring (bicyclic) bond motifs is 5. The van der Waals surface area contributed by atoms with E-state index < -0.39 is 5.54 Å². The standard InChI is InChI=1S/C21H33NO2/c1-13(23)21(22)11-8-18-16-5-4-14-12-15(24)6-9-19(14,2)17(16)7-10-20(18,21)3/h4,15-18,24H,5-12,22H2,1-3H3/t15-,16+,17?,18-,19-,20-,21-/m0/s1. The van der Waals surface area contributed by atoms with Crippen molar-refractivity contribution < 1.29 is 9.90 Å². The van der Waals surface area contributed by atoms with E-state index in [1.807, 2.05) is 0 Å². The van der Waals surface area contributed by atoms with Crippen molar-refractivity contribution in [2.24, 2.45) is 34.3 Å². The van der Waals surface area contributed by atoms with Gasteiger partial charge in [-0.1, -0.05) is 25.5 Å². The van der Waals surface area contributed by atoms with Gasteiger partial charge in [0.15, 0.2) is 0 Å². The fraction of sp³-hybridized carbons (Fsp3) is 0.857. The van der Waals surface area contributed by atoms with Gasteiger partial charge in [0.1, 0.15) is 5.78 Å². The van der Waals surface area contributed by atoms with Crippen LogP contribution in [0.1, 0.15) is 72.1 Å². The number of carbonyl (C=O) groups excluding carboxylic acids is 1. The van der Waals surface area contributed by atoms with Crippen molar-refractivity contribution in [3.63, 3.8) is 0 Å². The van der Waals surface area contributed by atoms with Crippen LogP contribution in [0.5, 0.6) is 0 Å². The Labute approximate surface area is 146 Å². The lowest BCUT2D eigenvalue weighted by Crippen LogP contribution is -2.61. The third-order valence-electron chi connectivity index (χ3n) is 8.96. The van der Waals surface area contributed by atoms with Crippen molar-refractivity contribution in [3.05, 3.63) is 11.6 Å². The van der Waals surface area contributed by atoms with E-state index in [2.05, 4.69) is 19.9 Å². The first-order chi connectivity index (χ1) is 11.2. The molecule has 4 aliphatic rings. The number of Topliss-reactive ketones (excluding diaryl/α,β-unsaturated/α-hetero) is 1. The fourth-order valence-electron chi connectivity index (χ4n) is 7.30. The SMILES string of the molecule is CC(=O)[C@@]1(N)CC[C@H]2[C@@H]3CC=C4C[C@@H](O)CC[C@]4(C)C3CC[C@@]21C. The molecule has 3 nitrogen and oxygen atoms in total. The van der Waals surface area contributed by atoms with Crippen molar-refractivity contribution in [2.45, 2.75) is 83.8 Å². The van der Waals surface area contributed by atoms with Crippen LogP contribution in [-0.2, 0) is 4.79 Å². The second-order valence-corrected chi connectivity index (χ2v) is 9.68. The summed E-state index contributed by atoms with van der Waals surface area (Å²) in [6.45, 7) is 6.44. The Morgan fingerprint density at radius 2 is 1.88 bits per heavy atom. The number of aliphatic hydroxyl groups is 1. The molecule has 0 radical (unpaired) electrons. The van der Waals surface area contributed by atoms with E-state index in [-0.39, 0.29) is 22.7 Å². The quantitative estimate of drug-likeness (QED) is 0.722. The first kappa shape index (κ1) is 16.8. The summed E-state index contributed by atoms with van der Waals surface area (Å²) in [7, 11) is 0. The van der Waals surface area contributed by atoms with E-state index in [1.54, 1.807) is 6.92 Å². The molecule has 24 heavy (non-hydrogen) atoms. The normalized spacial score (nSPS) is 53.6. The topological polar surface area (TPSA) is 63.3 Å². The molecular formula is C21H33NO2. The summed E-state index contributed by atoms with van der Waals surface area (Å²) in [4.78, 5) is 12.4. The van der Waals surface area contributed by atoms with Gasteiger partial charge in [0, 0.05) is 0 Å². The van der Waals surface area contributed by atoms with Gasteiger partial charge in [-0.15, -0.1) is 0 Å². The highest BCUT2D eigenvalue weighted by atomic mass is 16.3. The minimum absolute atomic E-state index is 0.0319. The second kappa shape index (κ2) is 5.17. The summed E-state index contributed by atoms with van der Waals surface area (Å²) >= 11 is 0. The van der Waals surface area contributed by atoms with Crippen LogP contribution in [0.15, 0.2) is 11.6 Å². The number of aliphatic hydroxyl groups excluding tert-OH is 1. The molecule has 0 heterocycles. The third-order valence-corrected chi connectivity index (χ3v) is 8.96. The van der Waals surface area contributed by atoms with E-state index >= 15 is 0 Å². The lowest BCUT2D eigenvalue weighted by atomic mass is 9.46. The third kappa shape index (κ3) is 1.94. The molecule has 0 aromatic carbocycles. The second-order valence-electron chi connectivity index (χ2n) is 9.68. The molecule has 4 rings (SSSR count). The van der Waals surface area contributed by atoms with Gasteiger partial charge in [0.2, 0.25) is 0 Å². The van der Waals surface area contributed by atoms with E-state index in [0.29, 0.717) is 17.8 Å². The van der Waals surface area contributed by atoms with Crippen LogP contribution >= 0.6 is 0 Å². The minimum atomic E-state index is -0.615. The number of ketones is 1. The highest BCUT2D eigenvalue weighted by molar-refractivity contribution is 5.87. The Balaban J connectivity index is 1.69. The van der Waals surface area contributed by atoms with Gasteiger partial charge in [0.05, 0.1) is 11.6 Å². The van der Waals surface area contributed by atoms with Crippen LogP contribution < -0.4 is 5.73 Å². The summed E-state index contributed by atoms with van der Waals surface area (Å²) in [6, 6.07) is 0. The van der Waals surface area contributed by atoms with Crippen molar-refractivity contribution in [2.75, 3.05) is 0 Å². The maximum Gasteiger partial charge on any atom is 0.150 e. The van der Waals surface area contributed by atoms with Crippen LogP contribution in [0, 0.1) is 28.6 Å². The summed E-state index contributed by atoms with van der Waals surface area (Å²) in [5.74, 6) is 2.13. The molecule has 134 valence electrons. The molecule has 0 bridgehead atoms. The molecule has 3 N–H and O–H groups in total. The van der Waals surface area contributed by atoms with Crippen LogP contribution in [0.4, 0.5) is 0 Å². The van der Waals surface area contributed by atoms with Crippen LogP contribution in [0.25, 0.3) is 0 Å². The van der Waals surface area contributed by atoms with Gasteiger partial charge >= 0.3 is 0 Å². The minimum Gasteiger partial charge on any atom is -0.393 e. The summed E-state index contributed by atoms with van der Waals surface area (Å²) in [5, 5.41) is 10.1. The van der Waals surface area contributed by atoms with Crippen LogP contribution in [0.2, 0.25) is 0 Å². The number of hydrogen-bond acceptors (Lipinski definition) is 3. The van der Waals surface area contributed by atoms with Crippen LogP contribution in [-0.4, -0.2) is 22.5 Å². The smallest absolute Gasteiger partial charge is 0.150 e. The zero-order valence-electron chi connectivity index (χ0n) is 15.5. The molecule has 0 aromatic rings. The highest BCUT2D eigenvalue weighted by Gasteiger charge is 2.64. The number of nitrogens with two attached hydrogens (primary N) is 1. The van der Waals surface area contributed by atoms with Crippen molar-refractivity contribution in [1.82, 2.24) is 0 Å². The molecule has 0 amide bonds. The monoisotopic (exact) mass is 331 g/mol. The van der Waals surface area contributed by atoms with Crippen molar-refractivity contribution in [1.29, 1.82) is 0 Å². The van der Waals surface area contributed by atoms with E-state index in [4.69, 9.17) is 5.73 Å². The first-order valence-corrected chi connectivity index (χ1v) is 9.90. The summed E-state index contributed by atoms with van der Waals surface area (Å²) in [6.07, 6.45) is 10.6. The van der Waals surface area contributed by atoms with Crippen LogP contribution in [0.3, 0.4) is 0 Å². The van der Waals surface area contributed by atoms with Gasteiger partial charge in [0.25, 0.3) is 0 Å². The predicted molar refractivity (Wildman–Crippen MR) is 95.3 cm³/mol. The molecular weight excluding hydrogens is 298 g/mol. The van der Waals surface area contributed by atoms with Gasteiger partial charge in [-0.3, -0.25) is 4.79 Å². The summed E-state index contributed by atoms with van der Waals surface area (Å²) < 4.78 is 0. The summed E-state index contributed by atoms with van der Waals surface area (Å²) in [5.41, 5.74) is 7.82. The zero-order chi connectivity index (χ0) is 17.3. The predicted octanol–water partition coefficient (Wildman–Crippen LogP) is 3.60.